The Bertz CT molecular complexity index is 890. The van der Waals surface area contributed by atoms with Crippen molar-refractivity contribution < 1.29 is 8.42 Å². The lowest BCUT2D eigenvalue weighted by Crippen LogP contribution is -2.51. The fraction of sp³-hybridized carbons (Fsp3) is 0.316. The molecule has 138 valence electrons. The van der Waals surface area contributed by atoms with Crippen LogP contribution in [0.3, 0.4) is 0 Å². The molecule has 1 fully saturated rings. The number of sulfonamides is 1. The molecule has 0 bridgehead atoms. The SMILES string of the molecule is Cc1cccc(NC(=S)N2CCN(S(=O)(=O)c3ccccc3)CC2)c1C. The molecule has 1 saturated heterocycles. The molecule has 2 aromatic rings. The van der Waals surface area contributed by atoms with E-state index in [0.717, 1.165) is 5.69 Å². The van der Waals surface area contributed by atoms with Crippen molar-refractivity contribution in [2.75, 3.05) is 31.5 Å². The molecule has 7 heteroatoms. The maximum absolute atomic E-state index is 12.7. The van der Waals surface area contributed by atoms with Gasteiger partial charge in [0.1, 0.15) is 0 Å². The third-order valence-electron chi connectivity index (χ3n) is 4.75. The molecule has 0 atom stereocenters. The molecule has 0 amide bonds. The fourth-order valence-electron chi connectivity index (χ4n) is 2.95. The summed E-state index contributed by atoms with van der Waals surface area (Å²) >= 11 is 5.53. The maximum Gasteiger partial charge on any atom is 0.243 e. The molecule has 1 aliphatic heterocycles. The van der Waals surface area contributed by atoms with E-state index < -0.39 is 10.0 Å². The second kappa shape index (κ2) is 7.73. The quantitative estimate of drug-likeness (QED) is 0.818. The molecule has 0 spiro atoms. The van der Waals surface area contributed by atoms with Crippen molar-refractivity contribution in [3.63, 3.8) is 0 Å². The van der Waals surface area contributed by atoms with Gasteiger partial charge in [-0.3, -0.25) is 0 Å². The summed E-state index contributed by atoms with van der Waals surface area (Å²) in [5.74, 6) is 0. The average Bonchev–Trinajstić information content (AvgIpc) is 2.66. The molecule has 3 rings (SSSR count). The smallest absolute Gasteiger partial charge is 0.243 e. The zero-order chi connectivity index (χ0) is 18.7. The Morgan fingerprint density at radius 1 is 0.962 bits per heavy atom. The van der Waals surface area contributed by atoms with Gasteiger partial charge >= 0.3 is 0 Å². The van der Waals surface area contributed by atoms with Crippen molar-refractivity contribution in [1.29, 1.82) is 0 Å². The number of anilines is 1. The molecule has 1 N–H and O–H groups in total. The van der Waals surface area contributed by atoms with Gasteiger partial charge in [0.15, 0.2) is 5.11 Å². The topological polar surface area (TPSA) is 52.6 Å². The molecular formula is C19H23N3O2S2. The van der Waals surface area contributed by atoms with E-state index in [9.17, 15) is 8.42 Å². The first-order valence-corrected chi connectivity index (χ1v) is 10.4. The monoisotopic (exact) mass is 389 g/mol. The zero-order valence-corrected chi connectivity index (χ0v) is 16.6. The number of hydrogen-bond donors (Lipinski definition) is 1. The predicted octanol–water partition coefficient (Wildman–Crippen LogP) is 3.01. The van der Waals surface area contributed by atoms with Gasteiger partial charge in [0, 0.05) is 31.9 Å². The van der Waals surface area contributed by atoms with Gasteiger partial charge < -0.3 is 10.2 Å². The first kappa shape index (κ1) is 18.8. The summed E-state index contributed by atoms with van der Waals surface area (Å²) in [5, 5.41) is 3.93. The molecule has 5 nitrogen and oxygen atoms in total. The standard InChI is InChI=1S/C19H23N3O2S2/c1-15-7-6-10-18(16(15)2)20-19(25)21-11-13-22(14-12-21)26(23,24)17-8-4-3-5-9-17/h3-10H,11-14H2,1-2H3,(H,20,25). The summed E-state index contributed by atoms with van der Waals surface area (Å²) in [7, 11) is -3.44. The second-order valence-electron chi connectivity index (χ2n) is 6.38. The number of rotatable bonds is 3. The van der Waals surface area contributed by atoms with Gasteiger partial charge in [-0.15, -0.1) is 0 Å². The summed E-state index contributed by atoms with van der Waals surface area (Å²) in [6, 6.07) is 14.6. The van der Waals surface area contributed by atoms with E-state index in [-0.39, 0.29) is 0 Å². The highest BCUT2D eigenvalue weighted by Gasteiger charge is 2.29. The first-order chi connectivity index (χ1) is 12.4. The Morgan fingerprint density at radius 3 is 2.27 bits per heavy atom. The van der Waals surface area contributed by atoms with Crippen molar-refractivity contribution in [2.45, 2.75) is 18.7 Å². The predicted molar refractivity (Wildman–Crippen MR) is 109 cm³/mol. The van der Waals surface area contributed by atoms with E-state index in [1.54, 1.807) is 24.3 Å². The van der Waals surface area contributed by atoms with Crippen LogP contribution in [-0.2, 0) is 10.0 Å². The summed E-state index contributed by atoms with van der Waals surface area (Å²) in [6.07, 6.45) is 0. The Kier molecular flexibility index (Phi) is 5.60. The maximum atomic E-state index is 12.7. The van der Waals surface area contributed by atoms with Crippen LogP contribution in [0.2, 0.25) is 0 Å². The minimum atomic E-state index is -3.44. The van der Waals surface area contributed by atoms with Crippen molar-refractivity contribution in [1.82, 2.24) is 9.21 Å². The highest BCUT2D eigenvalue weighted by atomic mass is 32.2. The molecule has 0 aliphatic carbocycles. The highest BCUT2D eigenvalue weighted by Crippen LogP contribution is 2.20. The van der Waals surface area contributed by atoms with Crippen molar-refractivity contribution in [2.24, 2.45) is 0 Å². The number of hydrogen-bond acceptors (Lipinski definition) is 3. The van der Waals surface area contributed by atoms with Crippen molar-refractivity contribution in [3.8, 4) is 0 Å². The number of piperazine rings is 1. The van der Waals surface area contributed by atoms with E-state index in [0.29, 0.717) is 36.2 Å². The van der Waals surface area contributed by atoms with E-state index >= 15 is 0 Å². The number of nitrogens with one attached hydrogen (secondary N) is 1. The number of benzene rings is 2. The van der Waals surface area contributed by atoms with E-state index in [1.165, 1.54) is 15.4 Å². The fourth-order valence-corrected chi connectivity index (χ4v) is 4.69. The van der Waals surface area contributed by atoms with Crippen LogP contribution in [0.5, 0.6) is 0 Å². The van der Waals surface area contributed by atoms with Crippen molar-refractivity contribution in [3.05, 3.63) is 59.7 Å². The lowest BCUT2D eigenvalue weighted by atomic mass is 10.1. The number of thiocarbonyl (C=S) groups is 1. The van der Waals surface area contributed by atoms with E-state index in [2.05, 4.69) is 25.2 Å². The Morgan fingerprint density at radius 2 is 1.62 bits per heavy atom. The summed E-state index contributed by atoms with van der Waals surface area (Å²) in [4.78, 5) is 2.36. The van der Waals surface area contributed by atoms with Crippen LogP contribution in [0.1, 0.15) is 11.1 Å². The molecule has 1 heterocycles. The van der Waals surface area contributed by atoms with Crippen LogP contribution in [0.4, 0.5) is 5.69 Å². The van der Waals surface area contributed by atoms with Crippen LogP contribution in [0.15, 0.2) is 53.4 Å². The number of nitrogens with zero attached hydrogens (tertiary/aromatic N) is 2. The minimum Gasteiger partial charge on any atom is -0.346 e. The minimum absolute atomic E-state index is 0.338. The van der Waals surface area contributed by atoms with Gasteiger partial charge in [-0.05, 0) is 55.4 Å². The third kappa shape index (κ3) is 3.90. The van der Waals surface area contributed by atoms with Crippen LogP contribution in [0.25, 0.3) is 0 Å². The van der Waals surface area contributed by atoms with Crippen molar-refractivity contribution >= 4 is 33.0 Å². The molecule has 0 aromatic heterocycles. The molecule has 1 aliphatic rings. The van der Waals surface area contributed by atoms with Crippen LogP contribution in [-0.4, -0.2) is 48.9 Å². The molecule has 0 unspecified atom stereocenters. The van der Waals surface area contributed by atoms with E-state index in [4.69, 9.17) is 12.2 Å². The van der Waals surface area contributed by atoms with Crippen LogP contribution in [0, 0.1) is 13.8 Å². The first-order valence-electron chi connectivity index (χ1n) is 8.57. The molecular weight excluding hydrogens is 366 g/mol. The molecule has 2 aromatic carbocycles. The zero-order valence-electron chi connectivity index (χ0n) is 15.0. The van der Waals surface area contributed by atoms with Gasteiger partial charge in [0.25, 0.3) is 0 Å². The largest absolute Gasteiger partial charge is 0.346 e. The second-order valence-corrected chi connectivity index (χ2v) is 8.71. The lowest BCUT2D eigenvalue weighted by Gasteiger charge is -2.35. The highest BCUT2D eigenvalue weighted by molar-refractivity contribution is 7.89. The Balaban J connectivity index is 1.63. The Hall–Kier alpha value is -1.96. The third-order valence-corrected chi connectivity index (χ3v) is 7.03. The lowest BCUT2D eigenvalue weighted by molar-refractivity contribution is 0.268. The van der Waals surface area contributed by atoms with Crippen LogP contribution >= 0.6 is 12.2 Å². The number of aryl methyl sites for hydroxylation is 1. The summed E-state index contributed by atoms with van der Waals surface area (Å²) < 4.78 is 26.9. The van der Waals surface area contributed by atoms with Crippen LogP contribution < -0.4 is 5.32 Å². The molecule has 0 saturated carbocycles. The Labute approximate surface area is 160 Å². The molecule has 0 radical (unpaired) electrons. The molecule has 26 heavy (non-hydrogen) atoms. The van der Waals surface area contributed by atoms with Gasteiger partial charge in [-0.1, -0.05) is 30.3 Å². The normalized spacial score (nSPS) is 15.7. The summed E-state index contributed by atoms with van der Waals surface area (Å²) in [5.41, 5.74) is 3.37. The summed E-state index contributed by atoms with van der Waals surface area (Å²) in [6.45, 7) is 6.12. The van der Waals surface area contributed by atoms with E-state index in [1.807, 2.05) is 23.1 Å². The van der Waals surface area contributed by atoms with Gasteiger partial charge in [0.05, 0.1) is 4.90 Å². The van der Waals surface area contributed by atoms with Gasteiger partial charge in [0.2, 0.25) is 10.0 Å². The average molecular weight is 390 g/mol. The van der Waals surface area contributed by atoms with Gasteiger partial charge in [-0.25, -0.2) is 8.42 Å². The van der Waals surface area contributed by atoms with Gasteiger partial charge in [-0.2, -0.15) is 4.31 Å².